The van der Waals surface area contributed by atoms with E-state index in [0.29, 0.717) is 17.2 Å². The minimum Gasteiger partial charge on any atom is -0.368 e. The summed E-state index contributed by atoms with van der Waals surface area (Å²) in [6.45, 7) is 0. The molecule has 0 fully saturated rings. The van der Waals surface area contributed by atoms with Crippen LogP contribution in [-0.4, -0.2) is 10.3 Å². The van der Waals surface area contributed by atoms with Crippen LogP contribution in [-0.2, 0) is 0 Å². The summed E-state index contributed by atoms with van der Waals surface area (Å²) in [5, 5.41) is 8.47. The van der Waals surface area contributed by atoms with Gasteiger partial charge in [-0.05, 0) is 12.1 Å². The number of benzene rings is 1. The van der Waals surface area contributed by atoms with Gasteiger partial charge < -0.3 is 14.8 Å². The van der Waals surface area contributed by atoms with Gasteiger partial charge in [-0.25, -0.2) is 0 Å². The maximum absolute atomic E-state index is 5.44. The molecule has 2 heterocycles. The van der Waals surface area contributed by atoms with Gasteiger partial charge in [0.05, 0.1) is 6.20 Å². The molecule has 3 rings (SSSR count). The van der Waals surface area contributed by atoms with Gasteiger partial charge in [-0.15, -0.1) is 0 Å². The molecule has 0 aliphatic heterocycles. The number of rotatable bonds is 1. The van der Waals surface area contributed by atoms with Crippen molar-refractivity contribution in [1.82, 2.24) is 10.3 Å². The summed E-state index contributed by atoms with van der Waals surface area (Å²) < 4.78 is 9.84. The Morgan fingerprint density at radius 2 is 2.07 bits per heavy atom. The van der Waals surface area contributed by atoms with Crippen LogP contribution in [0, 0.1) is 0 Å². The molecule has 15 heavy (non-hydrogen) atoms. The van der Waals surface area contributed by atoms with Crippen molar-refractivity contribution >= 4 is 16.9 Å². The standard InChI is InChI=1S/C10H7N3O2/c11-10-4-8(13-15-10)6-1-2-7-5-12-14-9(7)3-6/h1-5H,11H2. The van der Waals surface area contributed by atoms with Crippen LogP contribution in [0.5, 0.6) is 0 Å². The van der Waals surface area contributed by atoms with Crippen molar-refractivity contribution < 1.29 is 9.05 Å². The lowest BCUT2D eigenvalue weighted by atomic mass is 10.1. The summed E-state index contributed by atoms with van der Waals surface area (Å²) in [6.07, 6.45) is 1.66. The van der Waals surface area contributed by atoms with E-state index >= 15 is 0 Å². The van der Waals surface area contributed by atoms with E-state index in [0.717, 1.165) is 10.9 Å². The summed E-state index contributed by atoms with van der Waals surface area (Å²) in [7, 11) is 0. The van der Waals surface area contributed by atoms with E-state index in [9.17, 15) is 0 Å². The lowest BCUT2D eigenvalue weighted by Crippen LogP contribution is -1.77. The van der Waals surface area contributed by atoms with Gasteiger partial charge in [0.15, 0.2) is 5.58 Å². The molecule has 1 aromatic carbocycles. The molecular formula is C10H7N3O2. The van der Waals surface area contributed by atoms with Crippen molar-refractivity contribution in [2.24, 2.45) is 0 Å². The molecule has 0 spiro atoms. The van der Waals surface area contributed by atoms with Gasteiger partial charge in [0.25, 0.3) is 0 Å². The second-order valence-electron chi connectivity index (χ2n) is 3.19. The Morgan fingerprint density at radius 1 is 1.13 bits per heavy atom. The highest BCUT2D eigenvalue weighted by Gasteiger charge is 2.06. The van der Waals surface area contributed by atoms with E-state index in [2.05, 4.69) is 10.3 Å². The van der Waals surface area contributed by atoms with E-state index in [1.165, 1.54) is 0 Å². The van der Waals surface area contributed by atoms with Gasteiger partial charge in [-0.3, -0.25) is 0 Å². The fourth-order valence-electron chi connectivity index (χ4n) is 1.44. The normalized spacial score (nSPS) is 10.9. The number of anilines is 1. The lowest BCUT2D eigenvalue weighted by Gasteiger charge is -1.93. The smallest absolute Gasteiger partial charge is 0.222 e. The molecule has 0 aliphatic rings. The molecule has 0 aliphatic carbocycles. The first-order valence-electron chi connectivity index (χ1n) is 4.40. The minimum atomic E-state index is 0.294. The third-order valence-electron chi connectivity index (χ3n) is 2.18. The number of aromatic nitrogens is 2. The first-order valence-corrected chi connectivity index (χ1v) is 4.40. The molecule has 0 radical (unpaired) electrons. The Balaban J connectivity index is 2.18. The van der Waals surface area contributed by atoms with Crippen LogP contribution in [0.4, 0.5) is 5.88 Å². The lowest BCUT2D eigenvalue weighted by molar-refractivity contribution is 0.439. The highest BCUT2D eigenvalue weighted by atomic mass is 16.5. The molecule has 3 aromatic rings. The second kappa shape index (κ2) is 2.84. The quantitative estimate of drug-likeness (QED) is 0.651. The molecule has 74 valence electrons. The van der Waals surface area contributed by atoms with Crippen LogP contribution < -0.4 is 5.73 Å². The topological polar surface area (TPSA) is 78.1 Å². The summed E-state index contributed by atoms with van der Waals surface area (Å²) >= 11 is 0. The Morgan fingerprint density at radius 3 is 2.87 bits per heavy atom. The van der Waals surface area contributed by atoms with Crippen molar-refractivity contribution in [2.45, 2.75) is 0 Å². The fraction of sp³-hybridized carbons (Fsp3) is 0. The van der Waals surface area contributed by atoms with Gasteiger partial charge in [0.1, 0.15) is 5.69 Å². The first kappa shape index (κ1) is 8.05. The first-order chi connectivity index (χ1) is 7.33. The van der Waals surface area contributed by atoms with E-state index < -0.39 is 0 Å². The maximum Gasteiger partial charge on any atom is 0.222 e. The molecule has 0 amide bonds. The number of nitrogen functional groups attached to an aromatic ring is 1. The highest BCUT2D eigenvalue weighted by molar-refractivity contribution is 5.81. The zero-order valence-corrected chi connectivity index (χ0v) is 7.68. The molecule has 0 bridgehead atoms. The van der Waals surface area contributed by atoms with E-state index in [-0.39, 0.29) is 0 Å². The SMILES string of the molecule is Nc1cc(-c2ccc3cnoc3c2)no1. The van der Waals surface area contributed by atoms with Crippen LogP contribution in [0.15, 0.2) is 39.5 Å². The zero-order valence-electron chi connectivity index (χ0n) is 7.68. The van der Waals surface area contributed by atoms with E-state index in [1.54, 1.807) is 12.3 Å². The molecule has 0 saturated heterocycles. The number of hydrogen-bond acceptors (Lipinski definition) is 5. The Kier molecular flexibility index (Phi) is 1.53. The Bertz CT molecular complexity index is 612. The predicted molar refractivity (Wildman–Crippen MR) is 53.9 cm³/mol. The average Bonchev–Trinajstić information content (AvgIpc) is 2.84. The summed E-state index contributed by atoms with van der Waals surface area (Å²) in [4.78, 5) is 0. The molecule has 2 aromatic heterocycles. The molecule has 2 N–H and O–H groups in total. The molecule has 5 heteroatoms. The third kappa shape index (κ3) is 1.25. The molecule has 0 saturated carbocycles. The molecule has 0 atom stereocenters. The van der Waals surface area contributed by atoms with Crippen molar-refractivity contribution in [1.29, 1.82) is 0 Å². The van der Waals surface area contributed by atoms with Crippen LogP contribution >= 0.6 is 0 Å². The summed E-state index contributed by atoms with van der Waals surface area (Å²) in [5.41, 5.74) is 7.73. The van der Waals surface area contributed by atoms with Gasteiger partial charge >= 0.3 is 0 Å². The molecule has 0 unspecified atom stereocenters. The monoisotopic (exact) mass is 201 g/mol. The number of hydrogen-bond donors (Lipinski definition) is 1. The number of nitrogens with zero attached hydrogens (tertiary/aromatic N) is 2. The van der Waals surface area contributed by atoms with Crippen molar-refractivity contribution in [3.8, 4) is 11.3 Å². The minimum absolute atomic E-state index is 0.294. The van der Waals surface area contributed by atoms with Crippen LogP contribution in [0.2, 0.25) is 0 Å². The van der Waals surface area contributed by atoms with Gasteiger partial charge in [0, 0.05) is 17.0 Å². The fourth-order valence-corrected chi connectivity index (χ4v) is 1.44. The number of fused-ring (bicyclic) bond motifs is 1. The Hall–Kier alpha value is -2.30. The Labute approximate surface area is 84.4 Å². The van der Waals surface area contributed by atoms with Crippen molar-refractivity contribution in [3.63, 3.8) is 0 Å². The molecular weight excluding hydrogens is 194 g/mol. The van der Waals surface area contributed by atoms with Gasteiger partial charge in [-0.2, -0.15) is 0 Å². The molecule has 5 nitrogen and oxygen atoms in total. The van der Waals surface area contributed by atoms with Crippen LogP contribution in [0.25, 0.3) is 22.2 Å². The van der Waals surface area contributed by atoms with E-state index in [4.69, 9.17) is 14.8 Å². The predicted octanol–water partition coefficient (Wildman–Crippen LogP) is 2.06. The maximum atomic E-state index is 5.44. The van der Waals surface area contributed by atoms with Crippen LogP contribution in [0.3, 0.4) is 0 Å². The van der Waals surface area contributed by atoms with Gasteiger partial charge in [-0.1, -0.05) is 16.4 Å². The number of nitrogens with two attached hydrogens (primary N) is 1. The highest BCUT2D eigenvalue weighted by Crippen LogP contribution is 2.24. The van der Waals surface area contributed by atoms with E-state index in [1.807, 2.05) is 18.2 Å². The second-order valence-corrected chi connectivity index (χ2v) is 3.19. The zero-order chi connectivity index (χ0) is 10.3. The average molecular weight is 201 g/mol. The van der Waals surface area contributed by atoms with Crippen molar-refractivity contribution in [2.75, 3.05) is 5.73 Å². The summed E-state index contributed by atoms with van der Waals surface area (Å²) in [6, 6.07) is 7.33. The summed E-state index contributed by atoms with van der Waals surface area (Å²) in [5.74, 6) is 0.294. The van der Waals surface area contributed by atoms with Crippen LogP contribution in [0.1, 0.15) is 0 Å². The van der Waals surface area contributed by atoms with Gasteiger partial charge in [0.2, 0.25) is 5.88 Å². The largest absolute Gasteiger partial charge is 0.368 e. The van der Waals surface area contributed by atoms with Crippen molar-refractivity contribution in [3.05, 3.63) is 30.5 Å². The third-order valence-corrected chi connectivity index (χ3v) is 2.18.